The third-order valence-electron chi connectivity index (χ3n) is 4.22. The fraction of sp³-hybridized carbons (Fsp3) is 0.222. The normalized spacial score (nSPS) is 17.9. The highest BCUT2D eigenvalue weighted by atomic mass is 35.6. The molecule has 2 atom stereocenters. The fourth-order valence-electron chi connectivity index (χ4n) is 2.89. The first-order valence-corrected chi connectivity index (χ1v) is 19.1. The van der Waals surface area contributed by atoms with E-state index in [1.54, 1.807) is 0 Å². The van der Waals surface area contributed by atoms with Crippen LogP contribution in [0.15, 0.2) is 71.2 Å². The van der Waals surface area contributed by atoms with Gasteiger partial charge < -0.3 is 0 Å². The molecule has 0 amide bonds. The van der Waals surface area contributed by atoms with E-state index in [0.29, 0.717) is 0 Å². The monoisotopic (exact) mass is 428 g/mol. The lowest BCUT2D eigenvalue weighted by Crippen LogP contribution is -2.51. The van der Waals surface area contributed by atoms with Crippen molar-refractivity contribution >= 4 is 65.8 Å². The van der Waals surface area contributed by atoms with Crippen molar-refractivity contribution in [1.82, 2.24) is 0 Å². The van der Waals surface area contributed by atoms with E-state index < -0.39 is 22.2 Å². The first-order valence-electron chi connectivity index (χ1n) is 7.97. The van der Waals surface area contributed by atoms with E-state index in [1.165, 1.54) is 15.2 Å². The van der Waals surface area contributed by atoms with Crippen LogP contribution < -0.4 is 10.4 Å². The van der Waals surface area contributed by atoms with Crippen molar-refractivity contribution in [2.24, 2.45) is 0 Å². The zero-order chi connectivity index (χ0) is 18.0. The molecule has 0 aliphatic rings. The minimum atomic E-state index is -2.37. The minimum Gasteiger partial charge on any atom is -0.162 e. The molecule has 0 spiro atoms. The Kier molecular flexibility index (Phi) is 6.27. The molecule has 0 aromatic heterocycles. The van der Waals surface area contributed by atoms with Gasteiger partial charge in [0.1, 0.15) is 0 Å². The van der Waals surface area contributed by atoms with Crippen LogP contribution >= 0.6 is 33.2 Å². The van der Waals surface area contributed by atoms with E-state index in [2.05, 4.69) is 56.2 Å². The predicted molar refractivity (Wildman–Crippen MR) is 119 cm³/mol. The Morgan fingerprint density at radius 1 is 0.708 bits per heavy atom. The highest BCUT2D eigenvalue weighted by Crippen LogP contribution is 2.33. The van der Waals surface area contributed by atoms with Gasteiger partial charge in [-0.05, 0) is 23.5 Å². The molecule has 2 aromatic rings. The summed E-state index contributed by atoms with van der Waals surface area (Å²) in [5, 5.41) is 2.38. The van der Waals surface area contributed by atoms with E-state index in [9.17, 15) is 0 Å². The third kappa shape index (κ3) is 4.65. The number of rotatable bonds is 5. The zero-order valence-corrected chi connectivity index (χ0v) is 19.8. The lowest BCUT2D eigenvalue weighted by Gasteiger charge is -2.33. The Labute approximate surface area is 162 Å². The van der Waals surface area contributed by atoms with Crippen molar-refractivity contribution in [2.75, 3.05) is 0 Å². The van der Waals surface area contributed by atoms with Gasteiger partial charge in [-0.1, -0.05) is 84.3 Å². The van der Waals surface area contributed by atoms with Gasteiger partial charge in [-0.25, -0.2) is 0 Å². The number of halogens is 3. The van der Waals surface area contributed by atoms with Gasteiger partial charge in [-0.15, -0.1) is 0 Å². The average molecular weight is 430 g/mol. The highest BCUT2D eigenvalue weighted by molar-refractivity contribution is 7.43. The first kappa shape index (κ1) is 20.0. The lowest BCUT2D eigenvalue weighted by molar-refractivity contribution is 1.72. The second-order valence-corrected chi connectivity index (χ2v) is 24.4. The van der Waals surface area contributed by atoms with Crippen LogP contribution in [0.25, 0.3) is 0 Å². The Hall–Kier alpha value is -0.299. The molecule has 24 heavy (non-hydrogen) atoms. The summed E-state index contributed by atoms with van der Waals surface area (Å²) in [5.41, 5.74) is 2.26. The molecule has 0 heterocycles. The number of hydrogen-bond acceptors (Lipinski definition) is 0. The maximum atomic E-state index is 7.19. The smallest absolute Gasteiger partial charge is 0.162 e. The van der Waals surface area contributed by atoms with Crippen LogP contribution in [0.1, 0.15) is 0 Å². The van der Waals surface area contributed by atoms with Gasteiger partial charge in [0.05, 0.1) is 0 Å². The van der Waals surface area contributed by atoms with Crippen LogP contribution in [-0.4, -0.2) is 22.2 Å². The molecule has 0 saturated carbocycles. The molecule has 0 radical (unpaired) electrons. The topological polar surface area (TPSA) is 0 Å². The highest BCUT2D eigenvalue weighted by Gasteiger charge is 2.43. The van der Waals surface area contributed by atoms with Crippen molar-refractivity contribution in [3.05, 3.63) is 71.2 Å². The van der Waals surface area contributed by atoms with E-state index in [0.717, 1.165) is 0 Å². The largest absolute Gasteiger partial charge is 0.207 e. The summed E-state index contributed by atoms with van der Waals surface area (Å²) in [6.07, 6.45) is 0. The third-order valence-corrected chi connectivity index (χ3v) is 18.3. The van der Waals surface area contributed by atoms with Crippen LogP contribution in [0.4, 0.5) is 0 Å². The molecule has 2 aromatic carbocycles. The molecule has 2 rings (SSSR count). The predicted octanol–water partition coefficient (Wildman–Crippen LogP) is 5.42. The van der Waals surface area contributed by atoms with Crippen LogP contribution in [0.5, 0.6) is 0 Å². The summed E-state index contributed by atoms with van der Waals surface area (Å²) in [6, 6.07) is 20.6. The molecular weight excluding hydrogens is 407 g/mol. The van der Waals surface area contributed by atoms with Crippen LogP contribution in [0, 0.1) is 0 Å². The molecule has 6 heteroatoms. The Balaban J connectivity index is 2.58. The Morgan fingerprint density at radius 3 is 1.54 bits per heavy atom. The molecule has 0 N–H and O–H groups in total. The fourth-order valence-corrected chi connectivity index (χ4v) is 21.5. The Morgan fingerprint density at radius 2 is 1.12 bits per heavy atom. The van der Waals surface area contributed by atoms with E-state index in [1.807, 2.05) is 36.4 Å². The van der Waals surface area contributed by atoms with Crippen molar-refractivity contribution in [1.29, 1.82) is 0 Å². The maximum absolute atomic E-state index is 7.19. The van der Waals surface area contributed by atoms with Gasteiger partial charge in [0, 0.05) is 0 Å². The second kappa shape index (κ2) is 7.52. The van der Waals surface area contributed by atoms with Crippen LogP contribution in [-0.2, 0) is 0 Å². The van der Waals surface area contributed by atoms with Gasteiger partial charge in [0.25, 0.3) is 0 Å². The van der Waals surface area contributed by atoms with Gasteiger partial charge >= 0.3 is 0 Å². The number of benzene rings is 2. The molecule has 0 aliphatic carbocycles. The first-order chi connectivity index (χ1) is 11.0. The molecule has 0 nitrogen and oxygen atoms in total. The van der Waals surface area contributed by atoms with Gasteiger partial charge in [-0.3, -0.25) is 0 Å². The van der Waals surface area contributed by atoms with Gasteiger partial charge in [0.15, 0.2) is 7.38 Å². The molecular formula is C18H23Cl3Si3. The van der Waals surface area contributed by atoms with Gasteiger partial charge in [0.2, 0.25) is 14.8 Å². The minimum absolute atomic E-state index is 1.19. The molecule has 0 aliphatic heterocycles. The molecule has 128 valence electrons. The SMILES string of the molecule is C[Si](C)(Cl)/C(=C/[Si](C)(Cl)c1ccccc1)[Si](C)(Cl)c1ccccc1. The summed E-state index contributed by atoms with van der Waals surface area (Å²) < 4.78 is 0. The van der Waals surface area contributed by atoms with Crippen molar-refractivity contribution < 1.29 is 0 Å². The lowest BCUT2D eigenvalue weighted by atomic mass is 10.4. The molecule has 0 bridgehead atoms. The zero-order valence-electron chi connectivity index (χ0n) is 14.5. The van der Waals surface area contributed by atoms with Crippen molar-refractivity contribution in [3.63, 3.8) is 0 Å². The summed E-state index contributed by atoms with van der Waals surface area (Å²) in [6.45, 7) is 8.60. The average Bonchev–Trinajstić information content (AvgIpc) is 2.53. The van der Waals surface area contributed by atoms with Crippen molar-refractivity contribution in [2.45, 2.75) is 26.2 Å². The summed E-state index contributed by atoms with van der Waals surface area (Å²) in [7, 11) is -6.79. The summed E-state index contributed by atoms with van der Waals surface area (Å²) in [4.78, 5) is 1.22. The standard InChI is InChI=1S/C18H23Cl3Si3/c1-22(2,19)18(24(4,21)17-13-9-6-10-14-17)15-23(3,20)16-11-7-5-8-12-16/h5-15H,1-4H3/b18-15-. The number of hydrogen-bond donors (Lipinski definition) is 0. The van der Waals surface area contributed by atoms with Crippen molar-refractivity contribution in [3.8, 4) is 0 Å². The summed E-state index contributed by atoms with van der Waals surface area (Å²) >= 11 is 21.1. The van der Waals surface area contributed by atoms with Gasteiger partial charge in [-0.2, -0.15) is 33.2 Å². The second-order valence-electron chi connectivity index (χ2n) is 6.84. The maximum Gasteiger partial charge on any atom is 0.207 e. The van der Waals surface area contributed by atoms with E-state index in [4.69, 9.17) is 33.2 Å². The molecule has 0 saturated heterocycles. The van der Waals surface area contributed by atoms with Crippen LogP contribution in [0.3, 0.4) is 0 Å². The van der Waals surface area contributed by atoms with E-state index >= 15 is 0 Å². The molecule has 2 unspecified atom stereocenters. The quantitative estimate of drug-likeness (QED) is 0.440. The Bertz CT molecular complexity index is 705. The van der Waals surface area contributed by atoms with E-state index in [-0.39, 0.29) is 0 Å². The molecule has 0 fully saturated rings. The summed E-state index contributed by atoms with van der Waals surface area (Å²) in [5.74, 6) is 0. The van der Waals surface area contributed by atoms with Crippen LogP contribution in [0.2, 0.25) is 26.2 Å².